The van der Waals surface area contributed by atoms with Gasteiger partial charge in [0.1, 0.15) is 5.75 Å². The molecule has 0 saturated carbocycles. The zero-order valence-electron chi connectivity index (χ0n) is 11.2. The molecule has 0 unspecified atom stereocenters. The Morgan fingerprint density at radius 2 is 1.95 bits per heavy atom. The molecule has 1 aromatic carbocycles. The van der Waals surface area contributed by atoms with Crippen LogP contribution in [-0.2, 0) is 9.53 Å². The van der Waals surface area contributed by atoms with Gasteiger partial charge in [-0.3, -0.25) is 9.59 Å². The van der Waals surface area contributed by atoms with Crippen LogP contribution < -0.4 is 4.74 Å². The zero-order chi connectivity index (χ0) is 14.1. The van der Waals surface area contributed by atoms with Crippen LogP contribution in [-0.4, -0.2) is 37.0 Å². The van der Waals surface area contributed by atoms with Crippen molar-refractivity contribution in [3.63, 3.8) is 0 Å². The predicted octanol–water partition coefficient (Wildman–Crippen LogP) is 2.56. The number of hydrogen-bond acceptors (Lipinski definition) is 5. The lowest BCUT2D eigenvalue weighted by molar-refractivity contribution is -0.140. The van der Waals surface area contributed by atoms with E-state index in [-0.39, 0.29) is 11.8 Å². The van der Waals surface area contributed by atoms with Crippen LogP contribution in [0.2, 0.25) is 0 Å². The van der Waals surface area contributed by atoms with Gasteiger partial charge in [0, 0.05) is 11.5 Å². The maximum Gasteiger partial charge on any atom is 0.306 e. The number of carbonyl (C=O) groups excluding carboxylic acids is 2. The van der Waals surface area contributed by atoms with Crippen molar-refractivity contribution in [2.24, 2.45) is 0 Å². The van der Waals surface area contributed by atoms with Crippen molar-refractivity contribution in [2.45, 2.75) is 13.3 Å². The number of para-hydroxylation sites is 1. The van der Waals surface area contributed by atoms with Crippen LogP contribution >= 0.6 is 11.8 Å². The Hall–Kier alpha value is -1.49. The molecule has 4 nitrogen and oxygen atoms in total. The second kappa shape index (κ2) is 8.58. The summed E-state index contributed by atoms with van der Waals surface area (Å²) >= 11 is 1.62. The van der Waals surface area contributed by atoms with Crippen molar-refractivity contribution in [3.8, 4) is 5.75 Å². The van der Waals surface area contributed by atoms with Crippen molar-refractivity contribution in [1.29, 1.82) is 0 Å². The maximum atomic E-state index is 11.4. The normalized spacial score (nSPS) is 10.0. The Balaban J connectivity index is 2.26. The van der Waals surface area contributed by atoms with E-state index < -0.39 is 0 Å². The van der Waals surface area contributed by atoms with Crippen LogP contribution in [0.3, 0.4) is 0 Å². The topological polar surface area (TPSA) is 52.6 Å². The second-order valence-corrected chi connectivity index (χ2v) is 5.06. The number of esters is 1. The van der Waals surface area contributed by atoms with Gasteiger partial charge in [0.25, 0.3) is 0 Å². The largest absolute Gasteiger partial charge is 0.492 e. The number of methoxy groups -OCH3 is 1. The van der Waals surface area contributed by atoms with Crippen molar-refractivity contribution in [1.82, 2.24) is 0 Å². The number of benzene rings is 1. The van der Waals surface area contributed by atoms with Gasteiger partial charge in [-0.05, 0) is 19.1 Å². The third-order valence-electron chi connectivity index (χ3n) is 2.43. The highest BCUT2D eigenvalue weighted by atomic mass is 32.2. The van der Waals surface area contributed by atoms with E-state index in [0.717, 1.165) is 5.75 Å². The molecule has 0 spiro atoms. The summed E-state index contributed by atoms with van der Waals surface area (Å²) in [5.74, 6) is 1.89. The fraction of sp³-hybridized carbons (Fsp3) is 0.429. The lowest BCUT2D eigenvalue weighted by Crippen LogP contribution is -2.06. The average Bonchev–Trinajstić information content (AvgIpc) is 2.42. The summed E-state index contributed by atoms with van der Waals surface area (Å²) in [4.78, 5) is 22.3. The first-order chi connectivity index (χ1) is 9.15. The minimum absolute atomic E-state index is 0.00561. The van der Waals surface area contributed by atoms with Crippen LogP contribution in [0.1, 0.15) is 23.7 Å². The number of ketones is 1. The van der Waals surface area contributed by atoms with Gasteiger partial charge in [0.2, 0.25) is 0 Å². The molecule has 0 N–H and O–H groups in total. The first-order valence-electron chi connectivity index (χ1n) is 6.02. The maximum absolute atomic E-state index is 11.4. The molecule has 0 aliphatic rings. The van der Waals surface area contributed by atoms with Crippen molar-refractivity contribution < 1.29 is 19.1 Å². The molecule has 1 rings (SSSR count). The lowest BCUT2D eigenvalue weighted by atomic mass is 10.1. The molecule has 0 heterocycles. The van der Waals surface area contributed by atoms with Crippen molar-refractivity contribution in [3.05, 3.63) is 29.8 Å². The third kappa shape index (κ3) is 5.79. The van der Waals surface area contributed by atoms with Crippen LogP contribution in [0.4, 0.5) is 0 Å². The Morgan fingerprint density at radius 1 is 1.21 bits per heavy atom. The summed E-state index contributed by atoms with van der Waals surface area (Å²) in [5, 5.41) is 0. The molecule has 0 fully saturated rings. The number of Topliss-reactive ketones (excluding diaryl/α,β-unsaturated/α-hetero) is 1. The number of ether oxygens (including phenoxy) is 2. The molecule has 0 aliphatic heterocycles. The van der Waals surface area contributed by atoms with Gasteiger partial charge in [0.15, 0.2) is 5.78 Å². The quantitative estimate of drug-likeness (QED) is 0.417. The van der Waals surface area contributed by atoms with E-state index in [0.29, 0.717) is 30.1 Å². The summed E-state index contributed by atoms with van der Waals surface area (Å²) < 4.78 is 10.1. The predicted molar refractivity (Wildman–Crippen MR) is 75.9 cm³/mol. The van der Waals surface area contributed by atoms with E-state index in [2.05, 4.69) is 4.74 Å². The zero-order valence-corrected chi connectivity index (χ0v) is 12.0. The summed E-state index contributed by atoms with van der Waals surface area (Å²) in [6.45, 7) is 2.03. The molecule has 0 aromatic heterocycles. The van der Waals surface area contributed by atoms with Crippen LogP contribution in [0.25, 0.3) is 0 Å². The molecule has 104 valence electrons. The first-order valence-corrected chi connectivity index (χ1v) is 7.18. The van der Waals surface area contributed by atoms with Gasteiger partial charge >= 0.3 is 5.97 Å². The van der Waals surface area contributed by atoms with E-state index in [1.165, 1.54) is 14.0 Å². The minimum atomic E-state index is -0.199. The highest BCUT2D eigenvalue weighted by Crippen LogP contribution is 2.18. The Morgan fingerprint density at radius 3 is 2.63 bits per heavy atom. The molecule has 0 radical (unpaired) electrons. The standard InChI is InChI=1S/C14H18O4S/c1-11(15)12-5-3-4-6-13(12)18-8-10-19-9-7-14(16)17-2/h3-6H,7-10H2,1-2H3. The Kier molecular flexibility index (Phi) is 7.03. The minimum Gasteiger partial charge on any atom is -0.492 e. The molecule has 0 bridgehead atoms. The van der Waals surface area contributed by atoms with Gasteiger partial charge < -0.3 is 9.47 Å². The summed E-state index contributed by atoms with van der Waals surface area (Å²) in [6.07, 6.45) is 0.408. The molecule has 0 atom stereocenters. The molecule has 1 aromatic rings. The van der Waals surface area contributed by atoms with Crippen LogP contribution in [0.5, 0.6) is 5.75 Å². The smallest absolute Gasteiger partial charge is 0.306 e. The SMILES string of the molecule is COC(=O)CCSCCOc1ccccc1C(C)=O. The van der Waals surface area contributed by atoms with E-state index in [1.807, 2.05) is 12.1 Å². The molecular weight excluding hydrogens is 264 g/mol. The van der Waals surface area contributed by atoms with Crippen LogP contribution in [0.15, 0.2) is 24.3 Å². The lowest BCUT2D eigenvalue weighted by Gasteiger charge is -2.09. The summed E-state index contributed by atoms with van der Waals surface area (Å²) in [7, 11) is 1.38. The van der Waals surface area contributed by atoms with Crippen LogP contribution in [0, 0.1) is 0 Å². The first kappa shape index (κ1) is 15.6. The van der Waals surface area contributed by atoms with E-state index in [9.17, 15) is 9.59 Å². The Bertz CT molecular complexity index is 431. The van der Waals surface area contributed by atoms with Gasteiger partial charge in [-0.15, -0.1) is 0 Å². The van der Waals surface area contributed by atoms with Gasteiger partial charge in [0.05, 0.1) is 25.7 Å². The van der Waals surface area contributed by atoms with Gasteiger partial charge in [-0.25, -0.2) is 0 Å². The number of carbonyl (C=O) groups is 2. The van der Waals surface area contributed by atoms with Crippen molar-refractivity contribution in [2.75, 3.05) is 25.2 Å². The average molecular weight is 282 g/mol. The highest BCUT2D eigenvalue weighted by molar-refractivity contribution is 7.99. The monoisotopic (exact) mass is 282 g/mol. The van der Waals surface area contributed by atoms with Crippen molar-refractivity contribution >= 4 is 23.5 Å². The number of hydrogen-bond donors (Lipinski definition) is 0. The summed E-state index contributed by atoms with van der Waals surface area (Å²) in [5.41, 5.74) is 0.599. The fourth-order valence-corrected chi connectivity index (χ4v) is 2.17. The molecule has 0 amide bonds. The highest BCUT2D eigenvalue weighted by Gasteiger charge is 2.07. The Labute approximate surface area is 117 Å². The fourth-order valence-electron chi connectivity index (χ4n) is 1.45. The molecule has 5 heteroatoms. The molecule has 19 heavy (non-hydrogen) atoms. The molecule has 0 saturated heterocycles. The van der Waals surface area contributed by atoms with Gasteiger partial charge in [-0.2, -0.15) is 11.8 Å². The van der Waals surface area contributed by atoms with Gasteiger partial charge in [-0.1, -0.05) is 12.1 Å². The van der Waals surface area contributed by atoms with E-state index in [4.69, 9.17) is 4.74 Å². The second-order valence-electron chi connectivity index (χ2n) is 3.84. The molecule has 0 aliphatic carbocycles. The summed E-state index contributed by atoms with van der Waals surface area (Å²) in [6, 6.07) is 7.19. The number of rotatable bonds is 8. The molecular formula is C14H18O4S. The third-order valence-corrected chi connectivity index (χ3v) is 3.38. The number of thioether (sulfide) groups is 1. The van der Waals surface area contributed by atoms with E-state index in [1.54, 1.807) is 23.9 Å². The van der Waals surface area contributed by atoms with E-state index >= 15 is 0 Å².